The summed E-state index contributed by atoms with van der Waals surface area (Å²) in [6.45, 7) is 2.55. The number of thiophene rings is 1. The zero-order valence-electron chi connectivity index (χ0n) is 15.7. The van der Waals surface area contributed by atoms with E-state index < -0.39 is 0 Å². The summed E-state index contributed by atoms with van der Waals surface area (Å²) in [6.07, 6.45) is 0. The molecular weight excluding hydrogens is 382 g/mol. The van der Waals surface area contributed by atoms with Gasteiger partial charge in [-0.15, -0.1) is 11.3 Å². The summed E-state index contributed by atoms with van der Waals surface area (Å²) in [4.78, 5) is 23.1. The Hall–Kier alpha value is -3.51. The molecule has 0 saturated heterocycles. The molecule has 0 fully saturated rings. The second-order valence-corrected chi connectivity index (χ2v) is 7.62. The Bertz CT molecular complexity index is 1360. The highest BCUT2D eigenvalue weighted by Gasteiger charge is 2.13. The van der Waals surface area contributed by atoms with Crippen molar-refractivity contribution < 1.29 is 9.53 Å². The van der Waals surface area contributed by atoms with E-state index in [0.717, 1.165) is 42.9 Å². The van der Waals surface area contributed by atoms with E-state index in [4.69, 9.17) is 14.7 Å². The van der Waals surface area contributed by atoms with Crippen molar-refractivity contribution in [3.8, 4) is 5.75 Å². The smallest absolute Gasteiger partial charge is 0.255 e. The van der Waals surface area contributed by atoms with Gasteiger partial charge in [-0.05, 0) is 61.5 Å². The fraction of sp³-hybridized carbons (Fsp3) is 0.0870. The van der Waals surface area contributed by atoms with Crippen molar-refractivity contribution in [2.24, 2.45) is 0 Å². The van der Waals surface area contributed by atoms with Gasteiger partial charge in [-0.2, -0.15) is 0 Å². The number of amides is 1. The van der Waals surface area contributed by atoms with Crippen molar-refractivity contribution in [3.05, 3.63) is 72.3 Å². The first kappa shape index (κ1) is 17.6. The molecule has 5 rings (SSSR count). The molecule has 5 aromatic rings. The van der Waals surface area contributed by atoms with Gasteiger partial charge < -0.3 is 10.1 Å². The van der Waals surface area contributed by atoms with Crippen molar-refractivity contribution >= 4 is 54.4 Å². The summed E-state index contributed by atoms with van der Waals surface area (Å²) in [5.41, 5.74) is 3.86. The van der Waals surface area contributed by atoms with E-state index in [2.05, 4.69) is 5.32 Å². The van der Waals surface area contributed by atoms with Crippen molar-refractivity contribution in [2.75, 3.05) is 11.9 Å². The van der Waals surface area contributed by atoms with E-state index in [1.165, 1.54) is 0 Å². The highest BCUT2D eigenvalue weighted by molar-refractivity contribution is 7.25. The van der Waals surface area contributed by atoms with Gasteiger partial charge in [0.1, 0.15) is 16.1 Å². The number of carbonyl (C=O) groups excluding carboxylic acids is 1. The molecule has 0 aliphatic rings. The Kier molecular flexibility index (Phi) is 4.33. The number of nitrogens with one attached hydrogen (secondary N) is 1. The minimum absolute atomic E-state index is 0.163. The lowest BCUT2D eigenvalue weighted by Crippen LogP contribution is -2.11. The fourth-order valence-electron chi connectivity index (χ4n) is 3.28. The van der Waals surface area contributed by atoms with Gasteiger partial charge in [0.05, 0.1) is 17.6 Å². The molecule has 0 aliphatic heterocycles. The van der Waals surface area contributed by atoms with Crippen LogP contribution in [0.15, 0.2) is 66.7 Å². The maximum atomic E-state index is 12.8. The first-order valence-corrected chi connectivity index (χ1v) is 10.2. The van der Waals surface area contributed by atoms with Crippen LogP contribution in [0.3, 0.4) is 0 Å². The summed E-state index contributed by atoms with van der Waals surface area (Å²) in [5.74, 6) is 0.617. The second kappa shape index (κ2) is 7.14. The molecule has 0 unspecified atom stereocenters. The average molecular weight is 399 g/mol. The molecule has 2 aromatic heterocycles. The number of nitrogens with zero attached hydrogens (tertiary/aromatic N) is 2. The molecule has 0 atom stereocenters. The lowest BCUT2D eigenvalue weighted by atomic mass is 10.1. The fourth-order valence-corrected chi connectivity index (χ4v) is 4.29. The van der Waals surface area contributed by atoms with Crippen molar-refractivity contribution in [2.45, 2.75) is 6.92 Å². The van der Waals surface area contributed by atoms with Gasteiger partial charge in [-0.3, -0.25) is 4.79 Å². The number of anilines is 1. The minimum atomic E-state index is -0.163. The maximum absolute atomic E-state index is 12.8. The lowest BCUT2D eigenvalue weighted by Gasteiger charge is -2.07. The molecule has 2 heterocycles. The molecule has 0 saturated carbocycles. The number of ether oxygens (including phenoxy) is 1. The molecule has 0 aliphatic carbocycles. The summed E-state index contributed by atoms with van der Waals surface area (Å²) in [6, 6.07) is 20.9. The van der Waals surface area contributed by atoms with Crippen molar-refractivity contribution in [1.82, 2.24) is 9.97 Å². The quantitative estimate of drug-likeness (QED) is 0.424. The Morgan fingerprint density at radius 1 is 1.00 bits per heavy atom. The predicted octanol–water partition coefficient (Wildman–Crippen LogP) is 5.65. The molecule has 142 valence electrons. The Morgan fingerprint density at radius 2 is 1.76 bits per heavy atom. The number of aromatic nitrogens is 2. The Balaban J connectivity index is 1.50. The number of para-hydroxylation sites is 2. The number of fused-ring (bicyclic) bond motifs is 4. The standard InChI is InChI=1S/C23H17N3O2S/c1-2-28-16-10-8-15(9-11-16)24-22(27)14-7-12-20-17(13-14)21-23(29-20)26-19-6-4-3-5-18(19)25-21/h3-13H,2H2,1H3,(H,24,27). The van der Waals surface area contributed by atoms with Crippen LogP contribution in [0.1, 0.15) is 17.3 Å². The van der Waals surface area contributed by atoms with Gasteiger partial charge in [0.2, 0.25) is 0 Å². The van der Waals surface area contributed by atoms with Crippen LogP contribution in [-0.4, -0.2) is 22.5 Å². The van der Waals surface area contributed by atoms with Gasteiger partial charge in [-0.1, -0.05) is 12.1 Å². The van der Waals surface area contributed by atoms with Crippen LogP contribution >= 0.6 is 11.3 Å². The lowest BCUT2D eigenvalue weighted by molar-refractivity contribution is 0.102. The van der Waals surface area contributed by atoms with E-state index in [0.29, 0.717) is 12.2 Å². The molecule has 1 N–H and O–H groups in total. The first-order valence-electron chi connectivity index (χ1n) is 9.34. The van der Waals surface area contributed by atoms with Gasteiger partial charge in [-0.25, -0.2) is 9.97 Å². The normalized spacial score (nSPS) is 11.2. The molecule has 0 bridgehead atoms. The van der Waals surface area contributed by atoms with Crippen LogP contribution in [-0.2, 0) is 0 Å². The van der Waals surface area contributed by atoms with Crippen LogP contribution in [0.2, 0.25) is 0 Å². The van der Waals surface area contributed by atoms with E-state index in [1.807, 2.05) is 73.7 Å². The van der Waals surface area contributed by atoms with Crippen molar-refractivity contribution in [3.63, 3.8) is 0 Å². The SMILES string of the molecule is CCOc1ccc(NC(=O)c2ccc3sc4nc5ccccc5nc4c3c2)cc1. The highest BCUT2D eigenvalue weighted by atomic mass is 32.1. The zero-order valence-corrected chi connectivity index (χ0v) is 16.5. The maximum Gasteiger partial charge on any atom is 0.255 e. The van der Waals surface area contributed by atoms with E-state index in [9.17, 15) is 4.79 Å². The van der Waals surface area contributed by atoms with Gasteiger partial charge in [0.15, 0.2) is 0 Å². The second-order valence-electron chi connectivity index (χ2n) is 6.59. The van der Waals surface area contributed by atoms with Crippen LogP contribution < -0.4 is 10.1 Å². The van der Waals surface area contributed by atoms with E-state index in [1.54, 1.807) is 11.3 Å². The van der Waals surface area contributed by atoms with Crippen LogP contribution in [0.25, 0.3) is 31.5 Å². The third-order valence-corrected chi connectivity index (χ3v) is 5.72. The Morgan fingerprint density at radius 3 is 2.52 bits per heavy atom. The third kappa shape index (κ3) is 3.28. The van der Waals surface area contributed by atoms with E-state index in [-0.39, 0.29) is 5.91 Å². The number of hydrogen-bond donors (Lipinski definition) is 1. The number of carbonyl (C=O) groups is 1. The summed E-state index contributed by atoms with van der Waals surface area (Å²) >= 11 is 1.59. The average Bonchev–Trinajstić information content (AvgIpc) is 3.10. The van der Waals surface area contributed by atoms with Gasteiger partial charge in [0.25, 0.3) is 5.91 Å². The third-order valence-electron chi connectivity index (χ3n) is 4.67. The highest BCUT2D eigenvalue weighted by Crippen LogP contribution is 2.33. The molecule has 0 spiro atoms. The molecule has 29 heavy (non-hydrogen) atoms. The molecule has 0 radical (unpaired) electrons. The minimum Gasteiger partial charge on any atom is -0.494 e. The number of hydrogen-bond acceptors (Lipinski definition) is 5. The topological polar surface area (TPSA) is 64.1 Å². The first-order chi connectivity index (χ1) is 14.2. The Labute approximate surface area is 171 Å². The number of rotatable bonds is 4. The van der Waals surface area contributed by atoms with Gasteiger partial charge >= 0.3 is 0 Å². The number of benzene rings is 3. The zero-order chi connectivity index (χ0) is 19.8. The molecule has 5 nitrogen and oxygen atoms in total. The molecule has 1 amide bonds. The molecule has 6 heteroatoms. The van der Waals surface area contributed by atoms with Crippen LogP contribution in [0.5, 0.6) is 5.75 Å². The molecule has 3 aromatic carbocycles. The van der Waals surface area contributed by atoms with Crippen molar-refractivity contribution in [1.29, 1.82) is 0 Å². The largest absolute Gasteiger partial charge is 0.494 e. The summed E-state index contributed by atoms with van der Waals surface area (Å²) < 4.78 is 6.50. The van der Waals surface area contributed by atoms with Crippen LogP contribution in [0.4, 0.5) is 5.69 Å². The van der Waals surface area contributed by atoms with Crippen LogP contribution in [0, 0.1) is 0 Å². The van der Waals surface area contributed by atoms with E-state index >= 15 is 0 Å². The monoisotopic (exact) mass is 399 g/mol. The summed E-state index contributed by atoms with van der Waals surface area (Å²) in [7, 11) is 0. The summed E-state index contributed by atoms with van der Waals surface area (Å²) in [5, 5.41) is 3.88. The van der Waals surface area contributed by atoms with Gasteiger partial charge in [0, 0.05) is 21.3 Å². The predicted molar refractivity (Wildman–Crippen MR) is 118 cm³/mol. The molecular formula is C23H17N3O2S.